The minimum Gasteiger partial charge on any atom is -0.0654 e. The third kappa shape index (κ3) is 8.81. The second kappa shape index (κ2) is 21.3. The van der Waals surface area contributed by atoms with Crippen LogP contribution in [0.15, 0.2) is 200 Å². The average molecular weight is 885 g/mol. The Hall–Kier alpha value is -7.02. The van der Waals surface area contributed by atoms with Crippen LogP contribution in [0.3, 0.4) is 0 Å². The number of hydrogen-bond donors (Lipinski definition) is 0. The fourth-order valence-electron chi connectivity index (χ4n) is 10.3. The molecule has 0 heteroatoms. The lowest BCUT2D eigenvalue weighted by molar-refractivity contribution is 0.793. The first-order chi connectivity index (χ1) is 33.2. The summed E-state index contributed by atoms with van der Waals surface area (Å²) in [4.78, 5) is 0. The van der Waals surface area contributed by atoms with Crippen LogP contribution in [0.25, 0.3) is 65.7 Å². The first-order valence-corrected chi connectivity index (χ1v) is 25.0. The third-order valence-corrected chi connectivity index (χ3v) is 14.2. The van der Waals surface area contributed by atoms with Crippen molar-refractivity contribution in [1.82, 2.24) is 0 Å². The molecule has 12 rings (SSSR count). The molecule has 10 aromatic carbocycles. The molecule has 2 aliphatic rings. The molecule has 0 atom stereocenters. The molecule has 68 heavy (non-hydrogen) atoms. The predicted molar refractivity (Wildman–Crippen MR) is 298 cm³/mol. The highest BCUT2D eigenvalue weighted by molar-refractivity contribution is 6.25. The molecule has 1 spiro atoms. The molecule has 0 fully saturated rings. The van der Waals surface area contributed by atoms with Crippen molar-refractivity contribution in [1.29, 1.82) is 0 Å². The second-order valence-electron chi connectivity index (χ2n) is 18.6. The van der Waals surface area contributed by atoms with Crippen molar-refractivity contribution in [3.05, 3.63) is 250 Å². The summed E-state index contributed by atoms with van der Waals surface area (Å²) in [5.74, 6) is 0. The van der Waals surface area contributed by atoms with E-state index >= 15 is 0 Å². The van der Waals surface area contributed by atoms with Crippen LogP contribution in [-0.4, -0.2) is 0 Å². The Morgan fingerprint density at radius 2 is 0.647 bits per heavy atom. The minimum absolute atomic E-state index is 0.189. The van der Waals surface area contributed by atoms with Gasteiger partial charge >= 0.3 is 0 Å². The number of benzene rings is 10. The number of rotatable bonds is 3. The quantitative estimate of drug-likeness (QED) is 0.155. The van der Waals surface area contributed by atoms with E-state index < -0.39 is 0 Å². The van der Waals surface area contributed by atoms with Crippen LogP contribution in [0, 0.1) is 34.6 Å². The smallest absolute Gasteiger partial charge is 0.0654 e. The van der Waals surface area contributed by atoms with E-state index in [1.165, 1.54) is 141 Å². The van der Waals surface area contributed by atoms with Gasteiger partial charge in [-0.25, -0.2) is 0 Å². The van der Waals surface area contributed by atoms with Crippen molar-refractivity contribution < 1.29 is 0 Å². The number of hydrogen-bond acceptors (Lipinski definition) is 0. The van der Waals surface area contributed by atoms with Crippen molar-refractivity contribution in [2.24, 2.45) is 0 Å². The summed E-state index contributed by atoms with van der Waals surface area (Å²) in [5, 5.41) is 8.08. The molecule has 0 amide bonds. The molecule has 0 radical (unpaired) electrons. The summed E-state index contributed by atoms with van der Waals surface area (Å²) in [7, 11) is 0. The lowest BCUT2D eigenvalue weighted by atomic mass is 9.70. The lowest BCUT2D eigenvalue weighted by Crippen LogP contribution is -2.25. The summed E-state index contributed by atoms with van der Waals surface area (Å²) in [6.07, 6.45) is 5.28. The minimum atomic E-state index is -0.189. The molecule has 0 aromatic heterocycles. The fourth-order valence-corrected chi connectivity index (χ4v) is 10.3. The summed E-state index contributed by atoms with van der Waals surface area (Å²) in [5.41, 5.74) is 20.5. The number of unbranched alkanes of at least 4 members (excludes halogenated alkanes) is 2. The molecule has 0 aliphatic heterocycles. The van der Waals surface area contributed by atoms with Gasteiger partial charge in [-0.2, -0.15) is 0 Å². The predicted octanol–water partition coefficient (Wildman–Crippen LogP) is 19.7. The van der Waals surface area contributed by atoms with Crippen LogP contribution < -0.4 is 0 Å². The van der Waals surface area contributed by atoms with Gasteiger partial charge in [0, 0.05) is 0 Å². The maximum absolute atomic E-state index is 2.33. The number of fused-ring (bicyclic) bond motifs is 16. The van der Waals surface area contributed by atoms with Crippen LogP contribution in [0.5, 0.6) is 0 Å². The zero-order valence-corrected chi connectivity index (χ0v) is 41.9. The van der Waals surface area contributed by atoms with E-state index in [2.05, 4.69) is 263 Å². The highest BCUT2D eigenvalue weighted by Gasteiger charge is 2.51. The van der Waals surface area contributed by atoms with Crippen LogP contribution in [0.2, 0.25) is 0 Å². The van der Waals surface area contributed by atoms with Crippen LogP contribution >= 0.6 is 0 Å². The van der Waals surface area contributed by atoms with Crippen LogP contribution in [0.4, 0.5) is 0 Å². The Bertz CT molecular complexity index is 3250. The van der Waals surface area contributed by atoms with Crippen molar-refractivity contribution >= 4 is 32.3 Å². The standard InChI is InChI=1S/C26H18.C19H14.C15H16.2C4H10/c1-17-9-8-16-24-25(17)20-12-4-7-15-23(20)26(24)21-13-5-2-10-18(21)19-11-3-6-14-22(19)26;1-13-10-11-18-16-8-3-2-6-14(16)15-7-4-5-9-17(15)19(18)12-13;1-11-8-6-10-15(13(11)3)14-9-5-4-7-12(14)2;2*1-3-4-2/h2-16H,1H3;2-12H,1H3;4-10H,1-3H3;2*3-4H2,1-2H3. The SMILES string of the molecule is CCCC.CCCC.Cc1ccc2c3ccccc3c3ccccc3c2c1.Cc1cccc2c1-c1ccccc1C21c2ccccc2-c2ccccc21.Cc1ccccc1-c1cccc(C)c1C. The summed E-state index contributed by atoms with van der Waals surface area (Å²) >= 11 is 0. The van der Waals surface area contributed by atoms with Crippen molar-refractivity contribution in [2.75, 3.05) is 0 Å². The molecule has 0 nitrogen and oxygen atoms in total. The topological polar surface area (TPSA) is 0 Å². The second-order valence-corrected chi connectivity index (χ2v) is 18.6. The number of aryl methyl sites for hydroxylation is 4. The van der Waals surface area contributed by atoms with E-state index in [0.717, 1.165) is 0 Å². The van der Waals surface area contributed by atoms with Crippen LogP contribution in [-0.2, 0) is 5.41 Å². The summed E-state index contributed by atoms with van der Waals surface area (Å²) in [6, 6.07) is 72.8. The van der Waals surface area contributed by atoms with E-state index in [9.17, 15) is 0 Å². The largest absolute Gasteiger partial charge is 0.0725 e. The van der Waals surface area contributed by atoms with E-state index in [-0.39, 0.29) is 5.41 Å². The summed E-state index contributed by atoms with van der Waals surface area (Å²) in [6.45, 7) is 19.6. The van der Waals surface area contributed by atoms with Gasteiger partial charge in [0.2, 0.25) is 0 Å². The van der Waals surface area contributed by atoms with E-state index in [4.69, 9.17) is 0 Å². The molecule has 0 heterocycles. The average Bonchev–Trinajstić information content (AvgIpc) is 3.86. The Labute approximate surface area is 407 Å². The summed E-state index contributed by atoms with van der Waals surface area (Å²) < 4.78 is 0. The van der Waals surface area contributed by atoms with E-state index in [1.807, 2.05) is 0 Å². The maximum atomic E-state index is 2.33. The molecule has 0 saturated heterocycles. The maximum Gasteiger partial charge on any atom is 0.0725 e. The van der Waals surface area contributed by atoms with Crippen molar-refractivity contribution in [3.63, 3.8) is 0 Å². The molecule has 10 aromatic rings. The molecule has 0 saturated carbocycles. The van der Waals surface area contributed by atoms with Gasteiger partial charge in [-0.3, -0.25) is 0 Å². The molecule has 0 unspecified atom stereocenters. The Balaban J connectivity index is 0.000000132. The van der Waals surface area contributed by atoms with Gasteiger partial charge in [0.1, 0.15) is 0 Å². The normalized spacial score (nSPS) is 12.0. The van der Waals surface area contributed by atoms with Gasteiger partial charge in [-0.15, -0.1) is 0 Å². The van der Waals surface area contributed by atoms with E-state index in [0.29, 0.717) is 0 Å². The first kappa shape index (κ1) is 47.5. The zero-order valence-electron chi connectivity index (χ0n) is 41.9. The third-order valence-electron chi connectivity index (χ3n) is 14.2. The molecule has 340 valence electrons. The van der Waals surface area contributed by atoms with Crippen molar-refractivity contribution in [3.8, 4) is 33.4 Å². The van der Waals surface area contributed by atoms with Crippen molar-refractivity contribution in [2.45, 2.75) is 93.4 Å². The zero-order chi connectivity index (χ0) is 47.8. The molecule has 0 bridgehead atoms. The Morgan fingerprint density at radius 3 is 1.18 bits per heavy atom. The van der Waals surface area contributed by atoms with Gasteiger partial charge in [0.05, 0.1) is 5.41 Å². The van der Waals surface area contributed by atoms with Gasteiger partial charge in [0.15, 0.2) is 0 Å². The van der Waals surface area contributed by atoms with Gasteiger partial charge in [0.25, 0.3) is 0 Å². The molecular weight excluding hydrogens is 817 g/mol. The Morgan fingerprint density at radius 1 is 0.279 bits per heavy atom. The lowest BCUT2D eigenvalue weighted by Gasteiger charge is -2.30. The van der Waals surface area contributed by atoms with E-state index in [1.54, 1.807) is 0 Å². The van der Waals surface area contributed by atoms with Gasteiger partial charge in [-0.05, 0) is 145 Å². The monoisotopic (exact) mass is 885 g/mol. The fraction of sp³-hybridized carbons (Fsp3) is 0.206. The Kier molecular flexibility index (Phi) is 14.9. The first-order valence-electron chi connectivity index (χ1n) is 25.0. The highest BCUT2D eigenvalue weighted by atomic mass is 14.5. The highest BCUT2D eigenvalue weighted by Crippen LogP contribution is 2.63. The molecular formula is C68H68. The molecule has 0 N–H and O–H groups in total. The van der Waals surface area contributed by atoms with Gasteiger partial charge < -0.3 is 0 Å². The molecule has 2 aliphatic carbocycles. The van der Waals surface area contributed by atoms with Gasteiger partial charge in [-0.1, -0.05) is 259 Å². The van der Waals surface area contributed by atoms with Crippen LogP contribution in [0.1, 0.15) is 103 Å².